The van der Waals surface area contributed by atoms with Crippen LogP contribution in [0.5, 0.6) is 0 Å². The number of carbonyl (C=O) groups excluding carboxylic acids is 3. The summed E-state index contributed by atoms with van der Waals surface area (Å²) in [5, 5.41) is 10.4. The van der Waals surface area contributed by atoms with Gasteiger partial charge in [0.25, 0.3) is 11.8 Å². The Morgan fingerprint density at radius 3 is 2.28 bits per heavy atom. The first kappa shape index (κ1) is 20.9. The summed E-state index contributed by atoms with van der Waals surface area (Å²) < 4.78 is 0. The van der Waals surface area contributed by atoms with Crippen LogP contribution in [0.3, 0.4) is 0 Å². The Balaban J connectivity index is 1.75. The van der Waals surface area contributed by atoms with Gasteiger partial charge in [0.05, 0.1) is 26.3 Å². The number of carbonyl (C=O) groups is 3. The topological polar surface area (TPSA) is 87.3 Å². The molecule has 3 aromatic rings. The van der Waals surface area contributed by atoms with Crippen LogP contribution >= 0.6 is 34.5 Å². The molecule has 3 N–H and O–H groups in total. The predicted molar refractivity (Wildman–Crippen MR) is 117 cm³/mol. The Morgan fingerprint density at radius 2 is 1.62 bits per heavy atom. The van der Waals surface area contributed by atoms with E-state index >= 15 is 0 Å². The van der Waals surface area contributed by atoms with Gasteiger partial charge in [-0.25, -0.2) is 0 Å². The van der Waals surface area contributed by atoms with Gasteiger partial charge in [-0.05, 0) is 47.8 Å². The molecule has 29 heavy (non-hydrogen) atoms. The van der Waals surface area contributed by atoms with Gasteiger partial charge >= 0.3 is 0 Å². The number of rotatable bonds is 5. The molecule has 0 bridgehead atoms. The molecule has 0 aliphatic rings. The van der Waals surface area contributed by atoms with Crippen LogP contribution in [-0.2, 0) is 4.79 Å². The fraction of sp³-hybridized carbons (Fsp3) is 0.0500. The Hall–Kier alpha value is -2.87. The smallest absolute Gasteiger partial charge is 0.265 e. The van der Waals surface area contributed by atoms with Crippen molar-refractivity contribution in [2.45, 2.75) is 6.92 Å². The maximum absolute atomic E-state index is 12.6. The van der Waals surface area contributed by atoms with Crippen LogP contribution < -0.4 is 16.0 Å². The molecular weight excluding hydrogens is 433 g/mol. The number of hydrogen-bond donors (Lipinski definition) is 3. The molecule has 0 atom stereocenters. The summed E-state index contributed by atoms with van der Waals surface area (Å²) in [5.74, 6) is -0.960. The molecule has 2 aromatic carbocycles. The molecule has 0 aliphatic heterocycles. The van der Waals surface area contributed by atoms with Gasteiger partial charge < -0.3 is 16.0 Å². The first-order valence-corrected chi connectivity index (χ1v) is 10.00. The molecule has 0 saturated carbocycles. The number of nitrogens with one attached hydrogen (secondary N) is 3. The van der Waals surface area contributed by atoms with Gasteiger partial charge in [0.2, 0.25) is 5.91 Å². The molecule has 0 fully saturated rings. The normalized spacial score (nSPS) is 10.3. The Kier molecular flexibility index (Phi) is 6.53. The second-order valence-electron chi connectivity index (χ2n) is 5.96. The van der Waals surface area contributed by atoms with Crippen LogP contribution in [0.4, 0.5) is 17.1 Å². The molecular formula is C20H15Cl2N3O3S. The van der Waals surface area contributed by atoms with Crippen molar-refractivity contribution in [1.29, 1.82) is 0 Å². The maximum atomic E-state index is 12.6. The molecule has 1 heterocycles. The number of amides is 3. The second kappa shape index (κ2) is 9.09. The lowest BCUT2D eigenvalue weighted by atomic mass is 10.1. The largest absolute Gasteiger partial charge is 0.325 e. The lowest BCUT2D eigenvalue weighted by molar-refractivity contribution is -0.114. The van der Waals surface area contributed by atoms with Gasteiger partial charge in [0.1, 0.15) is 0 Å². The zero-order valence-corrected chi connectivity index (χ0v) is 17.4. The molecule has 3 amide bonds. The van der Waals surface area contributed by atoms with E-state index in [1.807, 2.05) is 0 Å². The van der Waals surface area contributed by atoms with Crippen LogP contribution in [0.15, 0.2) is 53.9 Å². The highest BCUT2D eigenvalue weighted by molar-refractivity contribution is 7.12. The average Bonchev–Trinajstić information content (AvgIpc) is 3.20. The Morgan fingerprint density at radius 1 is 0.828 bits per heavy atom. The number of anilines is 3. The third-order valence-corrected chi connectivity index (χ3v) is 5.27. The van der Waals surface area contributed by atoms with Crippen molar-refractivity contribution < 1.29 is 14.4 Å². The summed E-state index contributed by atoms with van der Waals surface area (Å²) in [5.41, 5.74) is 1.53. The van der Waals surface area contributed by atoms with E-state index in [1.165, 1.54) is 36.5 Å². The van der Waals surface area contributed by atoms with E-state index in [2.05, 4.69) is 16.0 Å². The first-order chi connectivity index (χ1) is 13.8. The van der Waals surface area contributed by atoms with Gasteiger partial charge in [-0.15, -0.1) is 11.3 Å². The van der Waals surface area contributed by atoms with Gasteiger partial charge in [0, 0.05) is 18.2 Å². The molecule has 0 radical (unpaired) electrons. The zero-order chi connectivity index (χ0) is 21.0. The summed E-state index contributed by atoms with van der Waals surface area (Å²) in [7, 11) is 0. The Labute approximate surface area is 180 Å². The first-order valence-electron chi connectivity index (χ1n) is 8.36. The summed E-state index contributed by atoms with van der Waals surface area (Å²) in [4.78, 5) is 36.5. The van der Waals surface area contributed by atoms with Gasteiger partial charge in [-0.1, -0.05) is 29.3 Å². The van der Waals surface area contributed by atoms with E-state index in [4.69, 9.17) is 23.2 Å². The van der Waals surface area contributed by atoms with Gasteiger partial charge in [-0.3, -0.25) is 14.4 Å². The van der Waals surface area contributed by atoms with Crippen LogP contribution in [0.1, 0.15) is 27.0 Å². The van der Waals surface area contributed by atoms with Crippen LogP contribution in [0.2, 0.25) is 10.0 Å². The fourth-order valence-corrected chi connectivity index (χ4v) is 3.45. The lowest BCUT2D eigenvalue weighted by Gasteiger charge is -2.11. The van der Waals surface area contributed by atoms with Crippen LogP contribution in [0, 0.1) is 0 Å². The quantitative estimate of drug-likeness (QED) is 0.481. The van der Waals surface area contributed by atoms with E-state index in [0.29, 0.717) is 32.5 Å². The third-order valence-electron chi connectivity index (χ3n) is 3.76. The molecule has 0 aliphatic carbocycles. The summed E-state index contributed by atoms with van der Waals surface area (Å²) in [6.07, 6.45) is 0. The summed E-state index contributed by atoms with van der Waals surface area (Å²) in [6.45, 7) is 1.38. The summed E-state index contributed by atoms with van der Waals surface area (Å²) in [6, 6.07) is 12.8. The van der Waals surface area contributed by atoms with Gasteiger partial charge in [0.15, 0.2) is 0 Å². The molecule has 0 saturated heterocycles. The standard InChI is InChI=1S/C20H15Cl2N3O3S/c1-11(26)23-16-7-5-13(10-15(16)22)24-19(27)12-4-6-14(21)17(9-12)25-20(28)18-3-2-8-29-18/h2-10H,1H3,(H,23,26)(H,24,27)(H,25,28). The minimum absolute atomic E-state index is 0.248. The van der Waals surface area contributed by atoms with Crippen molar-refractivity contribution in [2.24, 2.45) is 0 Å². The van der Waals surface area contributed by atoms with E-state index < -0.39 is 5.91 Å². The lowest BCUT2D eigenvalue weighted by Crippen LogP contribution is -2.14. The SMILES string of the molecule is CC(=O)Nc1ccc(NC(=O)c2ccc(Cl)c(NC(=O)c3cccs3)c2)cc1Cl. The highest BCUT2D eigenvalue weighted by atomic mass is 35.5. The number of benzene rings is 2. The third kappa shape index (κ3) is 5.35. The molecule has 0 unspecified atom stereocenters. The average molecular weight is 448 g/mol. The van der Waals surface area contributed by atoms with Crippen molar-refractivity contribution in [3.63, 3.8) is 0 Å². The van der Waals surface area contributed by atoms with E-state index in [-0.39, 0.29) is 16.8 Å². The molecule has 148 valence electrons. The van der Waals surface area contributed by atoms with Crippen molar-refractivity contribution in [3.05, 3.63) is 74.4 Å². The Bertz CT molecular complexity index is 1080. The molecule has 0 spiro atoms. The number of halogens is 2. The van der Waals surface area contributed by atoms with Gasteiger partial charge in [-0.2, -0.15) is 0 Å². The van der Waals surface area contributed by atoms with E-state index in [9.17, 15) is 14.4 Å². The minimum Gasteiger partial charge on any atom is -0.325 e. The van der Waals surface area contributed by atoms with Crippen molar-refractivity contribution in [1.82, 2.24) is 0 Å². The summed E-state index contributed by atoms with van der Waals surface area (Å²) >= 11 is 13.6. The molecule has 6 nitrogen and oxygen atoms in total. The van der Waals surface area contributed by atoms with Crippen molar-refractivity contribution in [3.8, 4) is 0 Å². The fourth-order valence-electron chi connectivity index (χ4n) is 2.44. The maximum Gasteiger partial charge on any atom is 0.265 e. The highest BCUT2D eigenvalue weighted by Gasteiger charge is 2.14. The van der Waals surface area contributed by atoms with Crippen molar-refractivity contribution >= 4 is 69.3 Å². The zero-order valence-electron chi connectivity index (χ0n) is 15.1. The van der Waals surface area contributed by atoms with Crippen molar-refractivity contribution in [2.75, 3.05) is 16.0 Å². The predicted octanol–water partition coefficient (Wildman–Crippen LogP) is 5.52. The molecule has 9 heteroatoms. The molecule has 1 aromatic heterocycles. The van der Waals surface area contributed by atoms with Crippen LogP contribution in [-0.4, -0.2) is 17.7 Å². The minimum atomic E-state index is -0.406. The molecule has 3 rings (SSSR count). The second-order valence-corrected chi connectivity index (χ2v) is 7.72. The number of thiophene rings is 1. The van der Waals surface area contributed by atoms with Crippen LogP contribution in [0.25, 0.3) is 0 Å². The monoisotopic (exact) mass is 447 g/mol. The van der Waals surface area contributed by atoms with E-state index in [0.717, 1.165) is 0 Å². The highest BCUT2D eigenvalue weighted by Crippen LogP contribution is 2.27. The number of hydrogen-bond acceptors (Lipinski definition) is 4. The van der Waals surface area contributed by atoms with E-state index in [1.54, 1.807) is 35.7 Å².